The van der Waals surface area contributed by atoms with Gasteiger partial charge in [0.15, 0.2) is 11.0 Å². The number of nitro benzene ring substituents is 1. The van der Waals surface area contributed by atoms with Crippen LogP contribution in [0.3, 0.4) is 0 Å². The highest BCUT2D eigenvalue weighted by atomic mass is 35.5. The number of aromatic nitrogens is 4. The second kappa shape index (κ2) is 10.0. The Labute approximate surface area is 204 Å². The molecule has 0 aliphatic rings. The quantitative estimate of drug-likeness (QED) is 0.210. The summed E-state index contributed by atoms with van der Waals surface area (Å²) in [5.41, 5.74) is 2.67. The number of rotatable bonds is 7. The van der Waals surface area contributed by atoms with Crippen molar-refractivity contribution in [3.8, 4) is 17.1 Å². The molecule has 2 aromatic heterocycles. The summed E-state index contributed by atoms with van der Waals surface area (Å²) >= 11 is 7.34. The normalized spacial score (nSPS) is 11.7. The third-order valence-electron chi connectivity index (χ3n) is 4.98. The van der Waals surface area contributed by atoms with Gasteiger partial charge >= 0.3 is 0 Å². The SMILES string of the molecule is Cc1ccccc1-n1c(S[C@@H](C)C(=O)Nc2cc([N+](=O)[O-])ccc2Cl)nnc1-c1cccnc1. The van der Waals surface area contributed by atoms with Crippen molar-refractivity contribution < 1.29 is 9.72 Å². The van der Waals surface area contributed by atoms with Crippen LogP contribution in [0.2, 0.25) is 5.02 Å². The Morgan fingerprint density at radius 3 is 2.68 bits per heavy atom. The molecule has 4 rings (SSSR count). The van der Waals surface area contributed by atoms with Gasteiger partial charge in [-0.25, -0.2) is 0 Å². The van der Waals surface area contributed by atoms with Crippen LogP contribution in [0.25, 0.3) is 17.1 Å². The van der Waals surface area contributed by atoms with Gasteiger partial charge in [0.2, 0.25) is 5.91 Å². The number of para-hydroxylation sites is 1. The number of pyridine rings is 1. The van der Waals surface area contributed by atoms with Crippen molar-refractivity contribution in [3.63, 3.8) is 0 Å². The molecule has 2 heterocycles. The third-order valence-corrected chi connectivity index (χ3v) is 6.35. The molecule has 0 fully saturated rings. The average molecular weight is 495 g/mol. The molecule has 1 N–H and O–H groups in total. The number of nitrogens with zero attached hydrogens (tertiary/aromatic N) is 5. The van der Waals surface area contributed by atoms with Crippen LogP contribution in [-0.2, 0) is 4.79 Å². The number of carbonyl (C=O) groups is 1. The monoisotopic (exact) mass is 494 g/mol. The van der Waals surface area contributed by atoms with Gasteiger partial charge in [-0.2, -0.15) is 0 Å². The number of amides is 1. The summed E-state index contributed by atoms with van der Waals surface area (Å²) in [5, 5.41) is 22.6. The lowest BCUT2D eigenvalue weighted by atomic mass is 10.2. The Balaban J connectivity index is 1.65. The summed E-state index contributed by atoms with van der Waals surface area (Å²) in [6, 6.07) is 15.4. The summed E-state index contributed by atoms with van der Waals surface area (Å²) in [6.07, 6.45) is 3.38. The van der Waals surface area contributed by atoms with Crippen molar-refractivity contribution in [2.24, 2.45) is 0 Å². The minimum Gasteiger partial charge on any atom is -0.324 e. The van der Waals surface area contributed by atoms with Gasteiger partial charge in [-0.05, 0) is 43.7 Å². The van der Waals surface area contributed by atoms with E-state index in [0.717, 1.165) is 16.8 Å². The van der Waals surface area contributed by atoms with Crippen LogP contribution in [0, 0.1) is 17.0 Å². The van der Waals surface area contributed by atoms with Crippen molar-refractivity contribution >= 4 is 40.6 Å². The molecule has 172 valence electrons. The Hall–Kier alpha value is -3.76. The maximum atomic E-state index is 12.9. The fraction of sp³-hybridized carbons (Fsp3) is 0.130. The number of nitro groups is 1. The molecule has 0 radical (unpaired) electrons. The molecule has 0 saturated carbocycles. The molecule has 1 amide bonds. The lowest BCUT2D eigenvalue weighted by molar-refractivity contribution is -0.384. The molecular weight excluding hydrogens is 476 g/mol. The standard InChI is InChI=1S/C23H19ClN6O3S/c1-14-6-3-4-8-20(14)29-21(16-7-5-11-25-13-16)27-28-23(29)34-15(2)22(31)26-19-12-17(30(32)33)9-10-18(19)24/h3-13,15H,1-2H3,(H,26,31)/t15-/m0/s1. The van der Waals surface area contributed by atoms with Gasteiger partial charge in [0.25, 0.3) is 5.69 Å². The van der Waals surface area contributed by atoms with Crippen LogP contribution < -0.4 is 5.32 Å². The van der Waals surface area contributed by atoms with E-state index in [2.05, 4.69) is 20.5 Å². The third kappa shape index (κ3) is 4.92. The number of anilines is 1. The summed E-state index contributed by atoms with van der Waals surface area (Å²) < 4.78 is 1.89. The molecule has 2 aromatic carbocycles. The summed E-state index contributed by atoms with van der Waals surface area (Å²) in [7, 11) is 0. The molecule has 0 aliphatic heterocycles. The molecule has 4 aromatic rings. The molecule has 0 bridgehead atoms. The van der Waals surface area contributed by atoms with Gasteiger partial charge in [0.05, 0.1) is 26.6 Å². The highest BCUT2D eigenvalue weighted by molar-refractivity contribution is 8.00. The van der Waals surface area contributed by atoms with Gasteiger partial charge < -0.3 is 5.32 Å². The lowest BCUT2D eigenvalue weighted by Crippen LogP contribution is -2.23. The number of hydrogen-bond donors (Lipinski definition) is 1. The number of hydrogen-bond acceptors (Lipinski definition) is 7. The number of non-ortho nitro benzene ring substituents is 1. The summed E-state index contributed by atoms with van der Waals surface area (Å²) in [4.78, 5) is 27.6. The van der Waals surface area contributed by atoms with Gasteiger partial charge in [-0.15, -0.1) is 10.2 Å². The first-order valence-corrected chi connectivity index (χ1v) is 11.4. The number of thioether (sulfide) groups is 1. The maximum Gasteiger partial charge on any atom is 0.271 e. The maximum absolute atomic E-state index is 12.9. The van der Waals surface area contributed by atoms with Crippen LogP contribution in [0.5, 0.6) is 0 Å². The fourth-order valence-electron chi connectivity index (χ4n) is 3.23. The highest BCUT2D eigenvalue weighted by Crippen LogP contribution is 2.32. The predicted molar refractivity (Wildman–Crippen MR) is 131 cm³/mol. The largest absolute Gasteiger partial charge is 0.324 e. The van der Waals surface area contributed by atoms with E-state index in [1.54, 1.807) is 19.3 Å². The Kier molecular flexibility index (Phi) is 6.90. The minimum absolute atomic E-state index is 0.166. The molecular formula is C23H19ClN6O3S. The van der Waals surface area contributed by atoms with Crippen molar-refractivity contribution in [2.75, 3.05) is 5.32 Å². The van der Waals surface area contributed by atoms with Crippen molar-refractivity contribution in [3.05, 3.63) is 87.7 Å². The van der Waals surface area contributed by atoms with E-state index >= 15 is 0 Å². The van der Waals surface area contributed by atoms with Gasteiger partial charge in [-0.3, -0.25) is 24.5 Å². The first-order valence-electron chi connectivity index (χ1n) is 10.2. The summed E-state index contributed by atoms with van der Waals surface area (Å²) in [5.74, 6) is 0.217. The average Bonchev–Trinajstić information content (AvgIpc) is 3.24. The van der Waals surface area contributed by atoms with E-state index in [0.29, 0.717) is 11.0 Å². The molecule has 9 nitrogen and oxygen atoms in total. The van der Waals surface area contributed by atoms with E-state index < -0.39 is 10.2 Å². The minimum atomic E-state index is -0.607. The van der Waals surface area contributed by atoms with Gasteiger partial charge in [0, 0.05) is 30.1 Å². The molecule has 0 aliphatic carbocycles. The smallest absolute Gasteiger partial charge is 0.271 e. The van der Waals surface area contributed by atoms with Crippen molar-refractivity contribution in [1.29, 1.82) is 0 Å². The topological polar surface area (TPSA) is 116 Å². The number of halogens is 1. The van der Waals surface area contributed by atoms with Gasteiger partial charge in [0.1, 0.15) is 0 Å². The molecule has 0 spiro atoms. The van der Waals surface area contributed by atoms with Crippen molar-refractivity contribution in [1.82, 2.24) is 19.7 Å². The summed E-state index contributed by atoms with van der Waals surface area (Å²) in [6.45, 7) is 3.70. The van der Waals surface area contributed by atoms with Crippen LogP contribution in [0.4, 0.5) is 11.4 Å². The van der Waals surface area contributed by atoms with E-state index in [-0.39, 0.29) is 22.3 Å². The van der Waals surface area contributed by atoms with E-state index in [9.17, 15) is 14.9 Å². The second-order valence-electron chi connectivity index (χ2n) is 7.34. The van der Waals surface area contributed by atoms with Crippen LogP contribution in [0.15, 0.2) is 72.1 Å². The Bertz CT molecular complexity index is 1360. The number of nitrogens with one attached hydrogen (secondary N) is 1. The highest BCUT2D eigenvalue weighted by Gasteiger charge is 2.23. The zero-order valence-corrected chi connectivity index (χ0v) is 19.7. The van der Waals surface area contributed by atoms with Crippen LogP contribution in [0.1, 0.15) is 12.5 Å². The predicted octanol–water partition coefficient (Wildman–Crippen LogP) is 5.32. The van der Waals surface area contributed by atoms with E-state index in [1.165, 1.54) is 30.0 Å². The van der Waals surface area contributed by atoms with E-state index in [1.807, 2.05) is 47.9 Å². The molecule has 0 saturated heterocycles. The van der Waals surface area contributed by atoms with Gasteiger partial charge in [-0.1, -0.05) is 41.6 Å². The molecule has 0 unspecified atom stereocenters. The molecule has 1 atom stereocenters. The van der Waals surface area contributed by atoms with Crippen molar-refractivity contribution in [2.45, 2.75) is 24.3 Å². The zero-order valence-electron chi connectivity index (χ0n) is 18.2. The molecule has 34 heavy (non-hydrogen) atoms. The van der Waals surface area contributed by atoms with Crippen LogP contribution >= 0.6 is 23.4 Å². The fourth-order valence-corrected chi connectivity index (χ4v) is 4.25. The second-order valence-corrected chi connectivity index (χ2v) is 9.06. The first kappa shape index (κ1) is 23.4. The number of carbonyl (C=O) groups excluding carboxylic acids is 1. The number of benzene rings is 2. The Morgan fingerprint density at radius 2 is 1.97 bits per heavy atom. The lowest BCUT2D eigenvalue weighted by Gasteiger charge is -2.15. The zero-order chi connectivity index (χ0) is 24.2. The number of aryl methyl sites for hydroxylation is 1. The molecule has 11 heteroatoms. The first-order chi connectivity index (χ1) is 16.3. The van der Waals surface area contributed by atoms with Crippen LogP contribution in [-0.4, -0.2) is 35.8 Å². The van der Waals surface area contributed by atoms with E-state index in [4.69, 9.17) is 11.6 Å². The Morgan fingerprint density at radius 1 is 1.18 bits per heavy atom.